The first-order valence-corrected chi connectivity index (χ1v) is 12.1. The van der Waals surface area contributed by atoms with E-state index in [1.165, 1.54) is 24.4 Å². The Labute approximate surface area is 200 Å². The quantitative estimate of drug-likeness (QED) is 0.367. The molecule has 0 atom stereocenters. The zero-order valence-corrected chi connectivity index (χ0v) is 20.8. The molecule has 0 aliphatic carbocycles. The minimum absolute atomic E-state index is 0.0798. The summed E-state index contributed by atoms with van der Waals surface area (Å²) in [4.78, 5) is 42.2. The van der Waals surface area contributed by atoms with E-state index < -0.39 is 5.97 Å². The monoisotopic (exact) mass is 486 g/mol. The molecule has 0 bridgehead atoms. The number of aromatic nitrogens is 2. The SMILES string of the molecule is CCOC(=O)c1c(NC(=O)CSc2nccn2-c2cccc(C)c2C)sc(C(=O)NC)c1C. The van der Waals surface area contributed by atoms with Gasteiger partial charge in [-0.25, -0.2) is 9.78 Å². The molecule has 0 saturated carbocycles. The molecule has 0 radical (unpaired) electrons. The van der Waals surface area contributed by atoms with Crippen molar-refractivity contribution in [2.75, 3.05) is 24.7 Å². The Morgan fingerprint density at radius 1 is 1.18 bits per heavy atom. The number of imidazole rings is 1. The Hall–Kier alpha value is -3.11. The molecule has 0 spiro atoms. The third kappa shape index (κ3) is 5.28. The number of aryl methyl sites for hydroxylation is 1. The topological polar surface area (TPSA) is 102 Å². The molecule has 0 unspecified atom stereocenters. The highest BCUT2D eigenvalue weighted by molar-refractivity contribution is 7.99. The summed E-state index contributed by atoms with van der Waals surface area (Å²) in [6.07, 6.45) is 3.55. The molecule has 33 heavy (non-hydrogen) atoms. The summed E-state index contributed by atoms with van der Waals surface area (Å²) in [6, 6.07) is 6.04. The van der Waals surface area contributed by atoms with Crippen LogP contribution in [-0.4, -0.2) is 46.7 Å². The van der Waals surface area contributed by atoms with E-state index in [2.05, 4.69) is 15.6 Å². The number of thiophene rings is 1. The molecule has 0 fully saturated rings. The van der Waals surface area contributed by atoms with Crippen molar-refractivity contribution in [3.63, 3.8) is 0 Å². The van der Waals surface area contributed by atoms with Gasteiger partial charge in [-0.15, -0.1) is 11.3 Å². The molecule has 2 amide bonds. The van der Waals surface area contributed by atoms with Crippen LogP contribution in [0, 0.1) is 20.8 Å². The number of nitrogens with one attached hydrogen (secondary N) is 2. The van der Waals surface area contributed by atoms with E-state index in [-0.39, 0.29) is 29.7 Å². The predicted octanol–water partition coefficient (Wildman–Crippen LogP) is 4.13. The number of nitrogens with zero attached hydrogens (tertiary/aromatic N) is 2. The van der Waals surface area contributed by atoms with Gasteiger partial charge in [0.25, 0.3) is 5.91 Å². The van der Waals surface area contributed by atoms with Crippen LogP contribution < -0.4 is 10.6 Å². The Balaban J connectivity index is 1.79. The summed E-state index contributed by atoms with van der Waals surface area (Å²) in [6.45, 7) is 7.65. The molecule has 2 aromatic heterocycles. The van der Waals surface area contributed by atoms with Gasteiger partial charge in [-0.3, -0.25) is 14.2 Å². The summed E-state index contributed by atoms with van der Waals surface area (Å²) < 4.78 is 7.08. The van der Waals surface area contributed by atoms with Crippen molar-refractivity contribution in [3.8, 4) is 5.69 Å². The number of carbonyl (C=O) groups excluding carboxylic acids is 3. The fraction of sp³-hybridized carbons (Fsp3) is 0.304. The first-order valence-electron chi connectivity index (χ1n) is 10.3. The minimum atomic E-state index is -0.574. The number of anilines is 1. The molecule has 2 heterocycles. The minimum Gasteiger partial charge on any atom is -0.462 e. The fourth-order valence-corrected chi connectivity index (χ4v) is 5.17. The average Bonchev–Trinajstić information content (AvgIpc) is 3.38. The van der Waals surface area contributed by atoms with Crippen molar-refractivity contribution in [2.24, 2.45) is 0 Å². The highest BCUT2D eigenvalue weighted by atomic mass is 32.2. The molecule has 8 nitrogen and oxygen atoms in total. The summed E-state index contributed by atoms with van der Waals surface area (Å²) in [5, 5.41) is 6.30. The van der Waals surface area contributed by atoms with E-state index in [0.29, 0.717) is 20.6 Å². The largest absolute Gasteiger partial charge is 0.462 e. The second kappa shape index (κ2) is 10.7. The van der Waals surface area contributed by atoms with Gasteiger partial charge in [-0.05, 0) is 50.5 Å². The number of ether oxygens (including phenoxy) is 1. The van der Waals surface area contributed by atoms with E-state index in [0.717, 1.165) is 22.6 Å². The average molecular weight is 487 g/mol. The molecule has 2 N–H and O–H groups in total. The van der Waals surface area contributed by atoms with Crippen LogP contribution in [0.15, 0.2) is 35.7 Å². The van der Waals surface area contributed by atoms with Gasteiger partial charge in [0.2, 0.25) is 5.91 Å². The van der Waals surface area contributed by atoms with E-state index >= 15 is 0 Å². The highest BCUT2D eigenvalue weighted by Crippen LogP contribution is 2.34. The maximum absolute atomic E-state index is 12.8. The first-order chi connectivity index (χ1) is 15.8. The van der Waals surface area contributed by atoms with E-state index in [1.54, 1.807) is 20.0 Å². The number of hydrogen-bond acceptors (Lipinski definition) is 7. The number of benzene rings is 1. The van der Waals surface area contributed by atoms with Crippen LogP contribution in [-0.2, 0) is 9.53 Å². The standard InChI is InChI=1S/C23H26N4O4S2/c1-6-31-22(30)18-15(4)19(20(29)24-5)33-21(18)26-17(28)12-32-23-25-10-11-27(23)16-9-7-8-13(2)14(16)3/h7-11H,6,12H2,1-5H3,(H,24,29)(H,26,28). The number of thioether (sulfide) groups is 1. The lowest BCUT2D eigenvalue weighted by Crippen LogP contribution is -2.18. The van der Waals surface area contributed by atoms with Crippen LogP contribution in [0.5, 0.6) is 0 Å². The molecule has 0 aliphatic rings. The van der Waals surface area contributed by atoms with Crippen LogP contribution >= 0.6 is 23.1 Å². The molecule has 0 saturated heterocycles. The second-order valence-electron chi connectivity index (χ2n) is 7.20. The van der Waals surface area contributed by atoms with Crippen LogP contribution in [0.25, 0.3) is 5.69 Å². The third-order valence-corrected chi connectivity index (χ3v) is 7.26. The lowest BCUT2D eigenvalue weighted by Gasteiger charge is -2.12. The zero-order valence-electron chi connectivity index (χ0n) is 19.1. The number of esters is 1. The zero-order chi connectivity index (χ0) is 24.1. The molecule has 3 rings (SSSR count). The lowest BCUT2D eigenvalue weighted by molar-refractivity contribution is -0.113. The van der Waals surface area contributed by atoms with Crippen molar-refractivity contribution >= 4 is 45.9 Å². The van der Waals surface area contributed by atoms with Gasteiger partial charge < -0.3 is 15.4 Å². The first kappa shape index (κ1) is 24.5. The van der Waals surface area contributed by atoms with Gasteiger partial charge in [-0.1, -0.05) is 23.9 Å². The van der Waals surface area contributed by atoms with E-state index in [4.69, 9.17) is 4.74 Å². The predicted molar refractivity (Wildman–Crippen MR) is 131 cm³/mol. The summed E-state index contributed by atoms with van der Waals surface area (Å²) in [5.74, 6) is -1.13. The molecule has 0 aliphatic heterocycles. The van der Waals surface area contributed by atoms with Crippen molar-refractivity contribution in [2.45, 2.75) is 32.9 Å². The van der Waals surface area contributed by atoms with Gasteiger partial charge in [0.15, 0.2) is 5.16 Å². The Bertz CT molecular complexity index is 1200. The second-order valence-corrected chi connectivity index (χ2v) is 9.16. The fourth-order valence-electron chi connectivity index (χ4n) is 3.25. The Morgan fingerprint density at radius 2 is 1.94 bits per heavy atom. The van der Waals surface area contributed by atoms with E-state index in [9.17, 15) is 14.4 Å². The molecule has 10 heteroatoms. The lowest BCUT2D eigenvalue weighted by atomic mass is 10.1. The summed E-state index contributed by atoms with van der Waals surface area (Å²) in [7, 11) is 1.51. The number of rotatable bonds is 8. The van der Waals surface area contributed by atoms with Crippen molar-refractivity contribution in [3.05, 3.63) is 57.7 Å². The van der Waals surface area contributed by atoms with Gasteiger partial charge in [0, 0.05) is 19.4 Å². The molecular weight excluding hydrogens is 460 g/mol. The van der Waals surface area contributed by atoms with Crippen LogP contribution in [0.1, 0.15) is 43.6 Å². The highest BCUT2D eigenvalue weighted by Gasteiger charge is 2.26. The number of hydrogen-bond donors (Lipinski definition) is 2. The summed E-state index contributed by atoms with van der Waals surface area (Å²) >= 11 is 2.34. The third-order valence-electron chi connectivity index (χ3n) is 5.09. The van der Waals surface area contributed by atoms with Crippen LogP contribution in [0.3, 0.4) is 0 Å². The van der Waals surface area contributed by atoms with Gasteiger partial charge in [-0.2, -0.15) is 0 Å². The van der Waals surface area contributed by atoms with Crippen molar-refractivity contribution in [1.82, 2.24) is 14.9 Å². The molecule has 1 aromatic carbocycles. The van der Waals surface area contributed by atoms with E-state index in [1.807, 2.05) is 42.8 Å². The smallest absolute Gasteiger partial charge is 0.341 e. The van der Waals surface area contributed by atoms with Crippen molar-refractivity contribution in [1.29, 1.82) is 0 Å². The molecular formula is C23H26N4O4S2. The van der Waals surface area contributed by atoms with Gasteiger partial charge in [0.1, 0.15) is 5.00 Å². The number of carbonyl (C=O) groups is 3. The maximum Gasteiger partial charge on any atom is 0.341 e. The van der Waals surface area contributed by atoms with Gasteiger partial charge >= 0.3 is 5.97 Å². The molecule has 174 valence electrons. The maximum atomic E-state index is 12.8. The Morgan fingerprint density at radius 3 is 2.64 bits per heavy atom. The molecule has 3 aromatic rings. The normalized spacial score (nSPS) is 10.7. The van der Waals surface area contributed by atoms with Crippen molar-refractivity contribution < 1.29 is 19.1 Å². The van der Waals surface area contributed by atoms with Crippen LogP contribution in [0.4, 0.5) is 5.00 Å². The Kier molecular flexibility index (Phi) is 7.93. The number of amides is 2. The van der Waals surface area contributed by atoms with Gasteiger partial charge in [0.05, 0.1) is 28.5 Å². The summed E-state index contributed by atoms with van der Waals surface area (Å²) in [5.41, 5.74) is 3.99. The van der Waals surface area contributed by atoms with Crippen LogP contribution in [0.2, 0.25) is 0 Å².